The molecule has 0 saturated carbocycles. The summed E-state index contributed by atoms with van der Waals surface area (Å²) in [6.45, 7) is 11.0. The number of hydrogen-bond donors (Lipinski definition) is 1. The first-order valence-corrected chi connectivity index (χ1v) is 6.79. The van der Waals surface area contributed by atoms with E-state index in [2.05, 4.69) is 61.8 Å². The summed E-state index contributed by atoms with van der Waals surface area (Å²) >= 11 is 1.77. The van der Waals surface area contributed by atoms with E-state index in [0.29, 0.717) is 6.04 Å². The van der Waals surface area contributed by atoms with E-state index in [1.807, 2.05) is 0 Å². The zero-order valence-electron chi connectivity index (χ0n) is 11.1. The second kappa shape index (κ2) is 5.80. The van der Waals surface area contributed by atoms with Gasteiger partial charge in [-0.1, -0.05) is 0 Å². The van der Waals surface area contributed by atoms with Crippen molar-refractivity contribution in [3.8, 4) is 0 Å². The van der Waals surface area contributed by atoms with Gasteiger partial charge in [0.15, 0.2) is 0 Å². The van der Waals surface area contributed by atoms with Crippen LogP contribution in [0.2, 0.25) is 0 Å². The Bertz CT molecular complexity index is 287. The predicted octanol–water partition coefficient (Wildman–Crippen LogP) is 2.96. The molecule has 2 nitrogen and oxygen atoms in total. The lowest BCUT2D eigenvalue weighted by molar-refractivity contribution is 0.229. The van der Waals surface area contributed by atoms with Gasteiger partial charge >= 0.3 is 0 Å². The number of likely N-dealkylation sites (N-methyl/N-ethyl adjacent to an activating group) is 1. The lowest BCUT2D eigenvalue weighted by atomic mass is 10.1. The van der Waals surface area contributed by atoms with Crippen molar-refractivity contribution in [2.75, 3.05) is 13.6 Å². The van der Waals surface area contributed by atoms with Crippen LogP contribution in [-0.4, -0.2) is 30.1 Å². The van der Waals surface area contributed by atoms with Gasteiger partial charge in [0.2, 0.25) is 0 Å². The van der Waals surface area contributed by atoms with Crippen LogP contribution in [0.1, 0.15) is 33.3 Å². The maximum absolute atomic E-state index is 3.54. The molecule has 1 aromatic heterocycles. The molecule has 0 aliphatic heterocycles. The molecule has 1 N–H and O–H groups in total. The molecule has 1 rings (SSSR count). The van der Waals surface area contributed by atoms with Gasteiger partial charge in [-0.2, -0.15) is 11.3 Å². The minimum atomic E-state index is 0.206. The first-order valence-electron chi connectivity index (χ1n) is 5.85. The third-order valence-electron chi connectivity index (χ3n) is 2.69. The number of nitrogens with one attached hydrogen (secondary N) is 1. The summed E-state index contributed by atoms with van der Waals surface area (Å²) in [5.74, 6) is 0. The fourth-order valence-electron chi connectivity index (χ4n) is 1.44. The average Bonchev–Trinajstić information content (AvgIpc) is 2.65. The molecule has 0 aromatic carbocycles. The predicted molar refractivity (Wildman–Crippen MR) is 73.0 cm³/mol. The highest BCUT2D eigenvalue weighted by Gasteiger charge is 2.14. The maximum atomic E-state index is 3.54. The van der Waals surface area contributed by atoms with E-state index in [0.717, 1.165) is 13.1 Å². The molecule has 0 fully saturated rings. The van der Waals surface area contributed by atoms with Gasteiger partial charge in [-0.25, -0.2) is 0 Å². The third kappa shape index (κ3) is 5.10. The standard InChI is InChI=1S/C13H24N2S/c1-11(8-14-13(2,3)4)15(5)9-12-6-7-16-10-12/h6-7,10-11,14H,8-9H2,1-5H3. The van der Waals surface area contributed by atoms with E-state index in [1.54, 1.807) is 11.3 Å². The van der Waals surface area contributed by atoms with Crippen molar-refractivity contribution < 1.29 is 0 Å². The summed E-state index contributed by atoms with van der Waals surface area (Å²) in [6, 6.07) is 2.75. The zero-order valence-corrected chi connectivity index (χ0v) is 11.9. The lowest BCUT2D eigenvalue weighted by Gasteiger charge is -2.29. The fraction of sp³-hybridized carbons (Fsp3) is 0.692. The third-order valence-corrected chi connectivity index (χ3v) is 3.42. The van der Waals surface area contributed by atoms with E-state index >= 15 is 0 Å². The molecule has 0 spiro atoms. The summed E-state index contributed by atoms with van der Waals surface area (Å²) in [7, 11) is 2.19. The molecule has 0 aliphatic rings. The van der Waals surface area contributed by atoms with Crippen molar-refractivity contribution in [3.05, 3.63) is 22.4 Å². The molecule has 0 aliphatic carbocycles. The van der Waals surface area contributed by atoms with Gasteiger partial charge in [0.05, 0.1) is 0 Å². The summed E-state index contributed by atoms with van der Waals surface area (Å²) in [4.78, 5) is 2.39. The van der Waals surface area contributed by atoms with Crippen LogP contribution in [0.3, 0.4) is 0 Å². The molecular formula is C13H24N2S. The van der Waals surface area contributed by atoms with Gasteiger partial charge in [0, 0.05) is 24.7 Å². The smallest absolute Gasteiger partial charge is 0.0242 e. The average molecular weight is 240 g/mol. The largest absolute Gasteiger partial charge is 0.311 e. The molecule has 0 bridgehead atoms. The lowest BCUT2D eigenvalue weighted by Crippen LogP contribution is -2.44. The summed E-state index contributed by atoms with van der Waals surface area (Å²) in [5, 5.41) is 7.91. The van der Waals surface area contributed by atoms with E-state index in [4.69, 9.17) is 0 Å². The Kier molecular flexibility index (Phi) is 4.96. The minimum absolute atomic E-state index is 0.206. The molecule has 0 amide bonds. The Morgan fingerprint density at radius 3 is 2.62 bits per heavy atom. The van der Waals surface area contributed by atoms with Crippen molar-refractivity contribution in [2.45, 2.75) is 45.8 Å². The summed E-state index contributed by atoms with van der Waals surface area (Å²) in [6.07, 6.45) is 0. The normalized spacial score (nSPS) is 14.4. The quantitative estimate of drug-likeness (QED) is 0.851. The molecule has 1 aromatic rings. The van der Waals surface area contributed by atoms with Gasteiger partial charge in [-0.05, 0) is 57.1 Å². The number of nitrogens with zero attached hydrogens (tertiary/aromatic N) is 1. The molecule has 1 atom stereocenters. The maximum Gasteiger partial charge on any atom is 0.0242 e. The van der Waals surface area contributed by atoms with Gasteiger partial charge in [0.1, 0.15) is 0 Å². The van der Waals surface area contributed by atoms with E-state index < -0.39 is 0 Å². The summed E-state index contributed by atoms with van der Waals surface area (Å²) in [5.41, 5.74) is 1.62. The van der Waals surface area contributed by atoms with Crippen LogP contribution in [0.25, 0.3) is 0 Å². The second-order valence-corrected chi connectivity index (χ2v) is 6.31. The minimum Gasteiger partial charge on any atom is -0.311 e. The van der Waals surface area contributed by atoms with E-state index in [1.165, 1.54) is 5.56 Å². The van der Waals surface area contributed by atoms with E-state index in [9.17, 15) is 0 Å². The number of thiophene rings is 1. The Labute approximate surface area is 104 Å². The van der Waals surface area contributed by atoms with Crippen molar-refractivity contribution in [2.24, 2.45) is 0 Å². The highest BCUT2D eigenvalue weighted by molar-refractivity contribution is 7.07. The number of rotatable bonds is 5. The Morgan fingerprint density at radius 2 is 2.12 bits per heavy atom. The SMILES string of the molecule is CC(CNC(C)(C)C)N(C)Cc1ccsc1. The fourth-order valence-corrected chi connectivity index (χ4v) is 2.10. The van der Waals surface area contributed by atoms with Crippen LogP contribution in [0.5, 0.6) is 0 Å². The highest BCUT2D eigenvalue weighted by Crippen LogP contribution is 2.10. The van der Waals surface area contributed by atoms with Crippen LogP contribution < -0.4 is 5.32 Å². The van der Waals surface area contributed by atoms with Crippen molar-refractivity contribution in [1.82, 2.24) is 10.2 Å². The monoisotopic (exact) mass is 240 g/mol. The molecule has 16 heavy (non-hydrogen) atoms. The second-order valence-electron chi connectivity index (χ2n) is 5.53. The topological polar surface area (TPSA) is 15.3 Å². The van der Waals surface area contributed by atoms with Crippen molar-refractivity contribution in [1.29, 1.82) is 0 Å². The Hall–Kier alpha value is -0.380. The van der Waals surface area contributed by atoms with Crippen LogP contribution in [-0.2, 0) is 6.54 Å². The molecule has 0 radical (unpaired) electrons. The molecule has 92 valence electrons. The van der Waals surface area contributed by atoms with E-state index in [-0.39, 0.29) is 5.54 Å². The van der Waals surface area contributed by atoms with Crippen molar-refractivity contribution >= 4 is 11.3 Å². The first kappa shape index (κ1) is 13.7. The van der Waals surface area contributed by atoms with Crippen LogP contribution in [0, 0.1) is 0 Å². The number of hydrogen-bond acceptors (Lipinski definition) is 3. The van der Waals surface area contributed by atoms with Crippen LogP contribution >= 0.6 is 11.3 Å². The molecule has 3 heteroatoms. The highest BCUT2D eigenvalue weighted by atomic mass is 32.1. The molecule has 0 saturated heterocycles. The Balaban J connectivity index is 2.33. The van der Waals surface area contributed by atoms with Gasteiger partial charge in [-0.15, -0.1) is 0 Å². The molecule has 1 heterocycles. The zero-order chi connectivity index (χ0) is 12.2. The Morgan fingerprint density at radius 1 is 1.44 bits per heavy atom. The summed E-state index contributed by atoms with van der Waals surface area (Å²) < 4.78 is 0. The first-order chi connectivity index (χ1) is 7.38. The molecule has 1 unspecified atom stereocenters. The van der Waals surface area contributed by atoms with Gasteiger partial charge in [0.25, 0.3) is 0 Å². The van der Waals surface area contributed by atoms with Crippen LogP contribution in [0.4, 0.5) is 0 Å². The van der Waals surface area contributed by atoms with Crippen molar-refractivity contribution in [3.63, 3.8) is 0 Å². The molecular weight excluding hydrogens is 216 g/mol. The van der Waals surface area contributed by atoms with Gasteiger partial charge in [-0.3, -0.25) is 4.90 Å². The van der Waals surface area contributed by atoms with Crippen LogP contribution in [0.15, 0.2) is 16.8 Å². The van der Waals surface area contributed by atoms with Gasteiger partial charge < -0.3 is 5.32 Å².